The number of benzene rings is 1. The maximum atomic E-state index is 13.4. The summed E-state index contributed by atoms with van der Waals surface area (Å²) in [5.74, 6) is -4.39. The van der Waals surface area contributed by atoms with Crippen LogP contribution >= 0.6 is 0 Å². The fourth-order valence-corrected chi connectivity index (χ4v) is 5.89. The molecule has 1 atom stereocenters. The Hall–Kier alpha value is -3.66. The number of nitrogens with zero attached hydrogens (tertiary/aromatic N) is 3. The van der Waals surface area contributed by atoms with Gasteiger partial charge in [-0.25, -0.2) is 18.2 Å². The summed E-state index contributed by atoms with van der Waals surface area (Å²) >= 11 is 0. The Bertz CT molecular complexity index is 1330. The number of rotatable bonds is 6. The summed E-state index contributed by atoms with van der Waals surface area (Å²) in [5.41, 5.74) is 8.07. The molecule has 0 saturated carbocycles. The van der Waals surface area contributed by atoms with Crippen LogP contribution in [0.1, 0.15) is 42.7 Å². The summed E-state index contributed by atoms with van der Waals surface area (Å²) in [6, 6.07) is 5.30. The summed E-state index contributed by atoms with van der Waals surface area (Å²) in [6.45, 7) is 2.42. The third-order valence-electron chi connectivity index (χ3n) is 7.86. The molecule has 1 aromatic carbocycles. The normalized spacial score (nSPS) is 18.9. The molecule has 2 aliphatic heterocycles. The second-order valence-corrected chi connectivity index (χ2v) is 10.1. The van der Waals surface area contributed by atoms with Gasteiger partial charge in [-0.3, -0.25) is 14.5 Å². The minimum Gasteiger partial charge on any atom is -0.368 e. The third-order valence-corrected chi connectivity index (χ3v) is 7.86. The van der Waals surface area contributed by atoms with Crippen molar-refractivity contribution in [3.05, 3.63) is 71.3 Å². The lowest BCUT2D eigenvalue weighted by Crippen LogP contribution is -2.54. The number of likely N-dealkylation sites (tertiary alicyclic amines) is 2. The highest BCUT2D eigenvalue weighted by Crippen LogP contribution is 2.35. The summed E-state index contributed by atoms with van der Waals surface area (Å²) in [4.78, 5) is 36.6. The molecule has 2 amide bonds. The van der Waals surface area contributed by atoms with Gasteiger partial charge in [0.2, 0.25) is 11.8 Å². The minimum absolute atomic E-state index is 0.0367. The molecule has 7 nitrogen and oxygen atoms in total. The number of piperidine rings is 2. The number of H-pyrrole nitrogens is 1. The lowest BCUT2D eigenvalue weighted by molar-refractivity contribution is -0.129. The molecule has 5 rings (SSSR count). The van der Waals surface area contributed by atoms with Crippen molar-refractivity contribution in [2.75, 3.05) is 26.2 Å². The fraction of sp³-hybridized carbons (Fsp3) is 0.393. The van der Waals surface area contributed by atoms with Crippen molar-refractivity contribution >= 4 is 28.9 Å². The second-order valence-electron chi connectivity index (χ2n) is 10.1. The van der Waals surface area contributed by atoms with E-state index in [1.807, 2.05) is 12.3 Å². The van der Waals surface area contributed by atoms with Crippen LogP contribution in [0.15, 0.2) is 42.7 Å². The number of carbonyl (C=O) groups is 2. The van der Waals surface area contributed by atoms with Crippen LogP contribution in [0.25, 0.3) is 17.1 Å². The van der Waals surface area contributed by atoms with Crippen LogP contribution in [0.4, 0.5) is 13.2 Å². The number of carbonyl (C=O) groups excluding carboxylic acids is 2. The molecule has 2 saturated heterocycles. The van der Waals surface area contributed by atoms with Crippen molar-refractivity contribution in [1.82, 2.24) is 19.8 Å². The van der Waals surface area contributed by atoms with Crippen LogP contribution < -0.4 is 5.73 Å². The monoisotopic (exact) mass is 525 g/mol. The molecule has 2 aromatic heterocycles. The highest BCUT2D eigenvalue weighted by Gasteiger charge is 2.37. The molecule has 0 aliphatic carbocycles. The Morgan fingerprint density at radius 2 is 1.74 bits per heavy atom. The van der Waals surface area contributed by atoms with E-state index in [0.717, 1.165) is 49.1 Å². The maximum absolute atomic E-state index is 13.4. The smallest absolute Gasteiger partial charge is 0.246 e. The average Bonchev–Trinajstić information content (AvgIpc) is 3.35. The number of amides is 2. The molecule has 38 heavy (non-hydrogen) atoms. The fourth-order valence-electron chi connectivity index (χ4n) is 5.89. The number of nitrogens with one attached hydrogen (secondary N) is 1. The van der Waals surface area contributed by atoms with Gasteiger partial charge in [-0.1, -0.05) is 0 Å². The van der Waals surface area contributed by atoms with Gasteiger partial charge >= 0.3 is 0 Å². The van der Waals surface area contributed by atoms with Crippen LogP contribution in [-0.2, 0) is 9.59 Å². The lowest BCUT2D eigenvalue weighted by atomic mass is 9.84. The van der Waals surface area contributed by atoms with Crippen LogP contribution in [0.3, 0.4) is 0 Å². The van der Waals surface area contributed by atoms with Crippen molar-refractivity contribution in [3.63, 3.8) is 0 Å². The van der Waals surface area contributed by atoms with Crippen LogP contribution in [0, 0.1) is 23.4 Å². The Labute approximate surface area is 218 Å². The van der Waals surface area contributed by atoms with Crippen molar-refractivity contribution in [1.29, 1.82) is 0 Å². The van der Waals surface area contributed by atoms with E-state index in [1.165, 1.54) is 17.7 Å². The van der Waals surface area contributed by atoms with Crippen molar-refractivity contribution in [3.8, 4) is 0 Å². The van der Waals surface area contributed by atoms with Crippen LogP contribution in [-0.4, -0.2) is 63.8 Å². The number of hydrogen-bond donors (Lipinski definition) is 2. The van der Waals surface area contributed by atoms with Crippen molar-refractivity contribution < 1.29 is 22.8 Å². The molecule has 0 bridgehead atoms. The van der Waals surface area contributed by atoms with E-state index in [1.54, 1.807) is 11.1 Å². The lowest BCUT2D eigenvalue weighted by Gasteiger charge is -2.42. The Morgan fingerprint density at radius 3 is 2.39 bits per heavy atom. The van der Waals surface area contributed by atoms with Gasteiger partial charge in [-0.15, -0.1) is 0 Å². The average molecular weight is 526 g/mol. The molecule has 3 aromatic rings. The Kier molecular flexibility index (Phi) is 7.51. The molecule has 200 valence electrons. The third kappa shape index (κ3) is 5.31. The summed E-state index contributed by atoms with van der Waals surface area (Å²) in [6.07, 6.45) is 9.38. The number of halogens is 3. The molecule has 4 heterocycles. The number of nitrogens with two attached hydrogens (primary N) is 1. The van der Waals surface area contributed by atoms with E-state index < -0.39 is 23.5 Å². The van der Waals surface area contributed by atoms with E-state index in [9.17, 15) is 22.8 Å². The van der Waals surface area contributed by atoms with Gasteiger partial charge in [0, 0.05) is 36.9 Å². The van der Waals surface area contributed by atoms with Crippen LogP contribution in [0.2, 0.25) is 0 Å². The highest BCUT2D eigenvalue weighted by molar-refractivity contribution is 5.92. The predicted octanol–water partition coefficient (Wildman–Crippen LogP) is 3.97. The maximum Gasteiger partial charge on any atom is 0.246 e. The van der Waals surface area contributed by atoms with Gasteiger partial charge < -0.3 is 15.6 Å². The van der Waals surface area contributed by atoms with Gasteiger partial charge in [-0.05, 0) is 92.1 Å². The summed E-state index contributed by atoms with van der Waals surface area (Å²) < 4.78 is 40.0. The molecule has 2 fully saturated rings. The van der Waals surface area contributed by atoms with E-state index in [4.69, 9.17) is 5.73 Å². The zero-order valence-corrected chi connectivity index (χ0v) is 20.9. The highest BCUT2D eigenvalue weighted by atomic mass is 19.2. The van der Waals surface area contributed by atoms with Gasteiger partial charge in [0.15, 0.2) is 17.5 Å². The largest absolute Gasteiger partial charge is 0.368 e. The molecule has 0 radical (unpaired) electrons. The van der Waals surface area contributed by atoms with Crippen molar-refractivity contribution in [2.45, 2.75) is 37.6 Å². The number of aromatic nitrogens is 2. The second kappa shape index (κ2) is 11.0. The zero-order chi connectivity index (χ0) is 26.8. The van der Waals surface area contributed by atoms with Gasteiger partial charge in [0.05, 0.1) is 6.04 Å². The van der Waals surface area contributed by atoms with Gasteiger partial charge in [0.1, 0.15) is 5.65 Å². The van der Waals surface area contributed by atoms with Crippen molar-refractivity contribution in [2.24, 2.45) is 11.7 Å². The first kappa shape index (κ1) is 26.0. The molecular formula is C28H30F3N5O2. The number of aromatic amines is 1. The van der Waals surface area contributed by atoms with E-state index in [-0.39, 0.29) is 23.3 Å². The first-order chi connectivity index (χ1) is 18.3. The number of pyridine rings is 1. The quantitative estimate of drug-likeness (QED) is 0.376. The first-order valence-electron chi connectivity index (χ1n) is 12.9. The number of primary amides is 1. The number of hydrogen-bond acceptors (Lipinski definition) is 4. The molecule has 0 spiro atoms. The molecule has 1 unspecified atom stereocenters. The van der Waals surface area contributed by atoms with Gasteiger partial charge in [0.25, 0.3) is 0 Å². The van der Waals surface area contributed by atoms with Gasteiger partial charge in [-0.2, -0.15) is 0 Å². The topological polar surface area (TPSA) is 95.3 Å². The van der Waals surface area contributed by atoms with E-state index in [2.05, 4.69) is 20.9 Å². The van der Waals surface area contributed by atoms with E-state index in [0.29, 0.717) is 31.8 Å². The zero-order valence-electron chi connectivity index (χ0n) is 20.9. The van der Waals surface area contributed by atoms with Crippen LogP contribution in [0.5, 0.6) is 0 Å². The number of fused-ring (bicyclic) bond motifs is 1. The molecule has 10 heteroatoms. The SMILES string of the molecule is NC(=O)C(C1CCN(C(=O)/C=C/c2cc(F)c(F)c(F)c2)CC1)N1CCC(c2c[nH]c3ncccc23)CC1. The minimum atomic E-state index is -1.54. The molecular weight excluding hydrogens is 495 g/mol. The summed E-state index contributed by atoms with van der Waals surface area (Å²) in [7, 11) is 0. The predicted molar refractivity (Wildman–Crippen MR) is 137 cm³/mol. The van der Waals surface area contributed by atoms with E-state index >= 15 is 0 Å². The Balaban J connectivity index is 1.17. The molecule has 3 N–H and O–H groups in total. The standard InChI is InChI=1S/C28H30F3N5O2/c29-22-14-17(15-23(30)25(22)31)3-4-24(37)35-10-7-19(8-11-35)26(27(32)38)36-12-5-18(6-13-36)21-16-34-28-20(21)2-1-9-33-28/h1-4,9,14-16,18-19,26H,5-8,10-13H2,(H2,32,38)(H,33,34)/b4-3+. The molecule has 2 aliphatic rings. The Morgan fingerprint density at radius 1 is 1.05 bits per heavy atom. The first-order valence-corrected chi connectivity index (χ1v) is 12.9. The summed E-state index contributed by atoms with van der Waals surface area (Å²) in [5, 5.41) is 1.14.